The van der Waals surface area contributed by atoms with E-state index in [4.69, 9.17) is 19.2 Å². The molecule has 0 saturated heterocycles. The van der Waals surface area contributed by atoms with Crippen molar-refractivity contribution in [2.24, 2.45) is 4.99 Å². The Kier molecular flexibility index (Phi) is 9.08. The number of ether oxygens (including phenoxy) is 3. The maximum atomic E-state index is 14.2. The first-order valence-electron chi connectivity index (χ1n) is 15.2. The molecule has 6 rings (SSSR count). The van der Waals surface area contributed by atoms with Crippen LogP contribution >= 0.6 is 11.3 Å². The van der Waals surface area contributed by atoms with E-state index in [0.29, 0.717) is 50.1 Å². The lowest BCUT2D eigenvalue weighted by Crippen LogP contribution is -2.40. The Hall–Kier alpha value is -5.41. The number of carbonyl (C=O) groups is 1. The summed E-state index contributed by atoms with van der Waals surface area (Å²) in [6.07, 6.45) is 1.81. The minimum Gasteiger partial charge on any atom is -0.497 e. The molecule has 1 N–H and O–H groups in total. The molecule has 0 spiro atoms. The quantitative estimate of drug-likeness (QED) is 0.210. The van der Waals surface area contributed by atoms with Gasteiger partial charge in [-0.2, -0.15) is 0 Å². The summed E-state index contributed by atoms with van der Waals surface area (Å²) in [5.74, 6) is 1.52. The summed E-state index contributed by atoms with van der Waals surface area (Å²) in [4.78, 5) is 33.4. The minimum atomic E-state index is -0.701. The van der Waals surface area contributed by atoms with E-state index < -0.39 is 6.04 Å². The highest BCUT2D eigenvalue weighted by molar-refractivity contribution is 7.07. The first-order chi connectivity index (χ1) is 22.7. The maximum Gasteiger partial charge on any atom is 0.271 e. The number of amides is 1. The van der Waals surface area contributed by atoms with Crippen molar-refractivity contribution < 1.29 is 19.0 Å². The van der Waals surface area contributed by atoms with Gasteiger partial charge in [-0.3, -0.25) is 14.2 Å². The fourth-order valence-corrected chi connectivity index (χ4v) is 6.68. The Morgan fingerprint density at radius 2 is 1.68 bits per heavy atom. The number of rotatable bonds is 9. The number of nitrogens with one attached hydrogen (secondary N) is 1. The van der Waals surface area contributed by atoms with E-state index in [-0.39, 0.29) is 11.5 Å². The van der Waals surface area contributed by atoms with Gasteiger partial charge in [0.25, 0.3) is 11.5 Å². The number of nitrogens with zero attached hydrogens (tertiary/aromatic N) is 2. The average Bonchev–Trinajstić information content (AvgIpc) is 3.38. The number of benzene rings is 4. The fourth-order valence-electron chi connectivity index (χ4n) is 5.64. The van der Waals surface area contributed by atoms with Gasteiger partial charge in [0.2, 0.25) is 0 Å². The smallest absolute Gasteiger partial charge is 0.271 e. The normalized spacial score (nSPS) is 14.3. The van der Waals surface area contributed by atoms with E-state index in [2.05, 4.69) is 5.32 Å². The van der Waals surface area contributed by atoms with Crippen LogP contribution in [0.5, 0.6) is 17.2 Å². The Labute approximate surface area is 276 Å². The van der Waals surface area contributed by atoms with Gasteiger partial charge < -0.3 is 19.5 Å². The van der Waals surface area contributed by atoms with Crippen molar-refractivity contribution in [2.45, 2.75) is 33.4 Å². The molecule has 0 unspecified atom stereocenters. The van der Waals surface area contributed by atoms with Crippen molar-refractivity contribution in [2.75, 3.05) is 19.5 Å². The van der Waals surface area contributed by atoms with Crippen LogP contribution in [0.15, 0.2) is 112 Å². The van der Waals surface area contributed by atoms with Gasteiger partial charge in [0.1, 0.15) is 12.4 Å². The van der Waals surface area contributed by atoms with E-state index in [1.165, 1.54) is 11.3 Å². The van der Waals surface area contributed by atoms with Crippen molar-refractivity contribution in [3.63, 3.8) is 0 Å². The van der Waals surface area contributed by atoms with Crippen LogP contribution in [-0.2, 0) is 11.4 Å². The molecule has 1 atom stereocenters. The van der Waals surface area contributed by atoms with Gasteiger partial charge in [0, 0.05) is 5.69 Å². The summed E-state index contributed by atoms with van der Waals surface area (Å²) in [6.45, 7) is 6.17. The molecular weight excluding hydrogens is 611 g/mol. The molecule has 47 heavy (non-hydrogen) atoms. The number of carbonyl (C=O) groups excluding carboxylic acids is 1. The van der Waals surface area contributed by atoms with Crippen LogP contribution in [0.25, 0.3) is 6.08 Å². The highest BCUT2D eigenvalue weighted by atomic mass is 32.1. The molecule has 9 heteroatoms. The van der Waals surface area contributed by atoms with Gasteiger partial charge in [0.15, 0.2) is 16.3 Å². The Balaban J connectivity index is 1.39. The zero-order chi connectivity index (χ0) is 33.1. The third-order valence-corrected chi connectivity index (χ3v) is 9.03. The third-order valence-electron chi connectivity index (χ3n) is 8.05. The predicted octanol–water partition coefficient (Wildman–Crippen LogP) is 6.09. The monoisotopic (exact) mass is 645 g/mol. The second-order valence-electron chi connectivity index (χ2n) is 11.3. The molecule has 5 aromatic rings. The molecule has 0 saturated carbocycles. The fraction of sp³-hybridized carbons (Fsp3) is 0.184. The van der Waals surface area contributed by atoms with Gasteiger partial charge in [-0.15, -0.1) is 0 Å². The molecule has 1 aromatic heterocycles. The Morgan fingerprint density at radius 1 is 0.915 bits per heavy atom. The average molecular weight is 646 g/mol. The van der Waals surface area contributed by atoms with Gasteiger partial charge in [0.05, 0.1) is 36.1 Å². The van der Waals surface area contributed by atoms with Crippen molar-refractivity contribution in [3.05, 3.63) is 150 Å². The summed E-state index contributed by atoms with van der Waals surface area (Å²) in [7, 11) is 3.19. The van der Waals surface area contributed by atoms with E-state index >= 15 is 0 Å². The summed E-state index contributed by atoms with van der Waals surface area (Å²) >= 11 is 1.28. The third kappa shape index (κ3) is 6.62. The Bertz CT molecular complexity index is 2170. The van der Waals surface area contributed by atoms with Crippen molar-refractivity contribution in [1.29, 1.82) is 0 Å². The lowest BCUT2D eigenvalue weighted by atomic mass is 9.95. The largest absolute Gasteiger partial charge is 0.497 e. The zero-order valence-corrected chi connectivity index (χ0v) is 27.7. The van der Waals surface area contributed by atoms with Crippen molar-refractivity contribution in [1.82, 2.24) is 4.57 Å². The molecule has 8 nitrogen and oxygen atoms in total. The number of anilines is 1. The molecule has 1 amide bonds. The van der Waals surface area contributed by atoms with Gasteiger partial charge >= 0.3 is 0 Å². The van der Waals surface area contributed by atoms with Crippen LogP contribution in [0.3, 0.4) is 0 Å². The zero-order valence-electron chi connectivity index (χ0n) is 26.9. The van der Waals surface area contributed by atoms with Crippen LogP contribution in [0.1, 0.15) is 40.8 Å². The second kappa shape index (κ2) is 13.5. The van der Waals surface area contributed by atoms with Gasteiger partial charge in [-0.05, 0) is 79.4 Å². The molecule has 1 aliphatic rings. The van der Waals surface area contributed by atoms with Crippen LogP contribution in [0, 0.1) is 13.8 Å². The number of fused-ring (bicyclic) bond motifs is 1. The van der Waals surface area contributed by atoms with E-state index in [0.717, 1.165) is 27.8 Å². The molecule has 0 fully saturated rings. The molecule has 0 radical (unpaired) electrons. The van der Waals surface area contributed by atoms with Crippen LogP contribution in [-0.4, -0.2) is 24.7 Å². The second-order valence-corrected chi connectivity index (χ2v) is 12.3. The van der Waals surface area contributed by atoms with E-state index in [9.17, 15) is 9.59 Å². The van der Waals surface area contributed by atoms with Crippen LogP contribution in [0.4, 0.5) is 5.69 Å². The van der Waals surface area contributed by atoms with Gasteiger partial charge in [-0.1, -0.05) is 77.6 Å². The molecule has 238 valence electrons. The molecule has 2 heterocycles. The lowest BCUT2D eigenvalue weighted by Gasteiger charge is -2.25. The number of thiazole rings is 1. The maximum absolute atomic E-state index is 14.2. The first-order valence-corrected chi connectivity index (χ1v) is 16.0. The SMILES string of the molecule is COc1ccc([C@H]2C(C(=O)Nc3ccc(C)cc3C)=C(C)N=c3s/c(=C/c4ccc(OCc5ccccc5)c(OC)c4)c(=O)n32)cc1. The molecule has 0 bridgehead atoms. The van der Waals surface area contributed by atoms with E-state index in [1.807, 2.05) is 118 Å². The summed E-state index contributed by atoms with van der Waals surface area (Å²) in [6, 6.07) is 28.0. The lowest BCUT2D eigenvalue weighted by molar-refractivity contribution is -0.113. The molecule has 0 aliphatic carbocycles. The molecule has 4 aromatic carbocycles. The number of allylic oxidation sites excluding steroid dienone is 1. The predicted molar refractivity (Wildman–Crippen MR) is 185 cm³/mol. The van der Waals surface area contributed by atoms with Gasteiger partial charge in [-0.25, -0.2) is 4.99 Å². The standard InChI is InChI=1S/C38H35N3O5S/c1-23-11-17-30(24(2)19-23)40-36(42)34-25(3)39-38-41(35(34)28-13-15-29(44-4)16-14-28)37(43)33(47-38)21-27-12-18-31(32(20-27)45-5)46-22-26-9-7-6-8-10-26/h6-21,35H,22H2,1-5H3,(H,40,42)/b33-21+/t35-/m0/s1. The first kappa shape index (κ1) is 31.6. The summed E-state index contributed by atoms with van der Waals surface area (Å²) in [5, 5.41) is 3.07. The number of hydrogen-bond acceptors (Lipinski definition) is 7. The number of aromatic nitrogens is 1. The topological polar surface area (TPSA) is 91.2 Å². The Morgan fingerprint density at radius 3 is 2.38 bits per heavy atom. The highest BCUT2D eigenvalue weighted by Gasteiger charge is 2.32. The minimum absolute atomic E-state index is 0.248. The van der Waals surface area contributed by atoms with Crippen LogP contribution < -0.4 is 34.4 Å². The highest BCUT2D eigenvalue weighted by Crippen LogP contribution is 2.33. The number of aryl methyl sites for hydroxylation is 2. The summed E-state index contributed by atoms with van der Waals surface area (Å²) in [5.41, 5.74) is 6.03. The molecular formula is C38H35N3O5S. The van der Waals surface area contributed by atoms with Crippen LogP contribution in [0.2, 0.25) is 0 Å². The summed E-state index contributed by atoms with van der Waals surface area (Å²) < 4.78 is 19.1. The van der Waals surface area contributed by atoms with Crippen molar-refractivity contribution >= 4 is 29.0 Å². The van der Waals surface area contributed by atoms with Crippen molar-refractivity contribution in [3.8, 4) is 17.2 Å². The van der Waals surface area contributed by atoms with E-state index in [1.54, 1.807) is 18.8 Å². The number of hydrogen-bond donors (Lipinski definition) is 1. The number of methoxy groups -OCH3 is 2. The molecule has 1 aliphatic heterocycles.